The second-order valence-electron chi connectivity index (χ2n) is 12.4. The van der Waals surface area contributed by atoms with Crippen LogP contribution in [0.25, 0.3) is 0 Å². The first-order valence-corrected chi connectivity index (χ1v) is 13.4. The maximum absolute atomic E-state index is 5.80. The first kappa shape index (κ1) is 24.7. The molecule has 4 aliphatic rings. The Bertz CT molecular complexity index is 677. The van der Waals surface area contributed by atoms with E-state index in [1.54, 1.807) is 5.57 Å². The average Bonchev–Trinajstić information content (AvgIpc) is 3.11. The van der Waals surface area contributed by atoms with Crippen LogP contribution in [0.1, 0.15) is 105 Å². The second kappa shape index (κ2) is 9.89. The van der Waals surface area contributed by atoms with Gasteiger partial charge < -0.3 is 0 Å². The van der Waals surface area contributed by atoms with Crippen LogP contribution in [0.2, 0.25) is 0 Å². The molecule has 173 valence electrons. The van der Waals surface area contributed by atoms with Crippen LogP contribution in [-0.2, 0) is 0 Å². The van der Waals surface area contributed by atoms with Gasteiger partial charge in [-0.25, -0.2) is 0 Å². The number of fused-ring (bicyclic) bond motifs is 5. The topological polar surface area (TPSA) is 0 Å². The number of rotatable bonds is 5. The Labute approximate surface area is 194 Å². The molecule has 0 bridgehead atoms. The zero-order valence-corrected chi connectivity index (χ0v) is 21.3. The van der Waals surface area contributed by atoms with Gasteiger partial charge >= 0.3 is 0 Å². The van der Waals surface area contributed by atoms with E-state index in [2.05, 4.69) is 59.8 Å². The van der Waals surface area contributed by atoms with E-state index in [0.29, 0.717) is 16.7 Å². The zero-order valence-electron chi connectivity index (χ0n) is 21.3. The molecule has 4 rings (SSSR count). The van der Waals surface area contributed by atoms with Gasteiger partial charge in [0.1, 0.15) is 0 Å². The summed E-state index contributed by atoms with van der Waals surface area (Å²) in [5, 5.41) is 0. The summed E-state index contributed by atoms with van der Waals surface area (Å²) in [5.41, 5.74) is 2.81. The predicted molar refractivity (Wildman–Crippen MR) is 135 cm³/mol. The zero-order chi connectivity index (χ0) is 22.8. The Kier molecular flexibility index (Phi) is 7.88. The van der Waals surface area contributed by atoms with Crippen LogP contribution >= 0.6 is 0 Å². The molecule has 1 radical (unpaired) electrons. The lowest BCUT2D eigenvalue weighted by molar-refractivity contribution is -0.0514. The summed E-state index contributed by atoms with van der Waals surface area (Å²) in [6.07, 6.45) is 23.9. The van der Waals surface area contributed by atoms with Crippen LogP contribution < -0.4 is 0 Å². The van der Waals surface area contributed by atoms with Crippen molar-refractivity contribution in [1.29, 1.82) is 0 Å². The molecule has 0 saturated heterocycles. The molecule has 0 aromatic carbocycles. The molecule has 4 aliphatic carbocycles. The van der Waals surface area contributed by atoms with Gasteiger partial charge in [-0.15, -0.1) is 12.3 Å². The molecule has 0 aliphatic heterocycles. The molecule has 0 aromatic rings. The van der Waals surface area contributed by atoms with Crippen LogP contribution in [0.5, 0.6) is 0 Å². The lowest BCUT2D eigenvalue weighted by Crippen LogP contribution is -2.50. The highest BCUT2D eigenvalue weighted by atomic mass is 14.6. The molecule has 3 fully saturated rings. The third kappa shape index (κ3) is 4.45. The number of terminal acetylenes is 1. The first-order valence-electron chi connectivity index (χ1n) is 13.4. The van der Waals surface area contributed by atoms with E-state index in [0.717, 1.165) is 35.5 Å². The minimum Gasteiger partial charge on any atom is -0.120 e. The fourth-order valence-electron chi connectivity index (χ4n) is 8.83. The third-order valence-electron chi connectivity index (χ3n) is 10.5. The normalized spacial score (nSPS) is 42.2. The highest BCUT2D eigenvalue weighted by Crippen LogP contribution is 2.67. The molecule has 0 amide bonds. The van der Waals surface area contributed by atoms with E-state index >= 15 is 0 Å². The van der Waals surface area contributed by atoms with Crippen molar-refractivity contribution in [3.8, 4) is 12.3 Å². The van der Waals surface area contributed by atoms with Gasteiger partial charge in [0.2, 0.25) is 0 Å². The van der Waals surface area contributed by atoms with Gasteiger partial charge in [-0.05, 0) is 97.7 Å². The molecule has 0 heteroatoms. The lowest BCUT2D eigenvalue weighted by atomic mass is 9.46. The third-order valence-corrected chi connectivity index (χ3v) is 10.5. The smallest absolute Gasteiger partial charge is 0.0237 e. The monoisotopic (exact) mass is 421 g/mol. The van der Waals surface area contributed by atoms with E-state index < -0.39 is 0 Å². The van der Waals surface area contributed by atoms with Gasteiger partial charge in [-0.3, -0.25) is 0 Å². The van der Waals surface area contributed by atoms with Crippen LogP contribution in [0.4, 0.5) is 0 Å². The Morgan fingerprint density at radius 3 is 2.45 bits per heavy atom. The number of hydrogen-bond donors (Lipinski definition) is 0. The molecule has 31 heavy (non-hydrogen) atoms. The highest BCUT2D eigenvalue weighted by Gasteiger charge is 2.59. The molecule has 0 nitrogen and oxygen atoms in total. The number of allylic oxidation sites excluding steroid dienone is 2. The molecule has 0 heterocycles. The Hall–Kier alpha value is -0.960. The fraction of sp³-hybridized carbons (Fsp3) is 0.806. The predicted octanol–water partition coefficient (Wildman–Crippen LogP) is 8.88. The molecule has 8 unspecified atom stereocenters. The van der Waals surface area contributed by atoms with E-state index in [9.17, 15) is 0 Å². The summed E-state index contributed by atoms with van der Waals surface area (Å²) < 4.78 is 0. The van der Waals surface area contributed by atoms with Gasteiger partial charge in [-0.1, -0.05) is 78.7 Å². The molecule has 0 aromatic heterocycles. The van der Waals surface area contributed by atoms with Crippen molar-refractivity contribution in [3.05, 3.63) is 24.8 Å². The molecule has 0 N–H and O–H groups in total. The fourth-order valence-corrected chi connectivity index (χ4v) is 8.83. The van der Waals surface area contributed by atoms with E-state index in [4.69, 9.17) is 6.42 Å². The quantitative estimate of drug-likeness (QED) is 0.307. The molecular formula is C31H49. The number of hydrogen-bond acceptors (Lipinski definition) is 0. The Balaban J connectivity index is 0.00000132. The van der Waals surface area contributed by atoms with Crippen LogP contribution in [0.3, 0.4) is 0 Å². The van der Waals surface area contributed by atoms with Crippen LogP contribution in [0.15, 0.2) is 18.2 Å². The van der Waals surface area contributed by atoms with Crippen LogP contribution in [0, 0.1) is 71.2 Å². The first-order chi connectivity index (χ1) is 14.8. The van der Waals surface area contributed by atoms with E-state index in [-0.39, 0.29) is 0 Å². The van der Waals surface area contributed by atoms with Gasteiger partial charge in [0.25, 0.3) is 0 Å². The molecular weight excluding hydrogens is 372 g/mol. The van der Waals surface area contributed by atoms with E-state index in [1.165, 1.54) is 70.6 Å². The van der Waals surface area contributed by atoms with E-state index in [1.807, 2.05) is 0 Å². The summed E-state index contributed by atoms with van der Waals surface area (Å²) in [4.78, 5) is 0. The Morgan fingerprint density at radius 2 is 1.77 bits per heavy atom. The standard InChI is InChI=1S/C29H46.C2H3/c1-7-22-15-17-28(5)23(19-22)11-12-24-26-14-13-25(21(4)10-8-9-20(2)3)29(26,6)18-16-27(24)28;1-2/h1,11,20-22,24-27H,8-10,12-19H2,2-6H3;1H,2H2. The summed E-state index contributed by atoms with van der Waals surface area (Å²) >= 11 is 0. The molecule has 3 saturated carbocycles. The summed E-state index contributed by atoms with van der Waals surface area (Å²) in [7, 11) is 0. The van der Waals surface area contributed by atoms with Crippen molar-refractivity contribution in [2.75, 3.05) is 0 Å². The largest absolute Gasteiger partial charge is 0.120 e. The molecule has 0 spiro atoms. The van der Waals surface area contributed by atoms with Crippen molar-refractivity contribution < 1.29 is 0 Å². The van der Waals surface area contributed by atoms with Crippen molar-refractivity contribution in [3.63, 3.8) is 0 Å². The van der Waals surface area contributed by atoms with Crippen molar-refractivity contribution >= 4 is 0 Å². The van der Waals surface area contributed by atoms with Gasteiger partial charge in [0.05, 0.1) is 0 Å². The Morgan fingerprint density at radius 1 is 1.03 bits per heavy atom. The minimum atomic E-state index is 0.457. The maximum atomic E-state index is 5.80. The van der Waals surface area contributed by atoms with Gasteiger partial charge in [0, 0.05) is 5.92 Å². The molecule has 8 atom stereocenters. The summed E-state index contributed by atoms with van der Waals surface area (Å²) in [6.45, 7) is 19.7. The van der Waals surface area contributed by atoms with Crippen molar-refractivity contribution in [2.24, 2.45) is 52.3 Å². The maximum Gasteiger partial charge on any atom is 0.0237 e. The van der Waals surface area contributed by atoms with Gasteiger partial charge in [0.15, 0.2) is 0 Å². The van der Waals surface area contributed by atoms with Gasteiger partial charge in [-0.2, -0.15) is 0 Å². The summed E-state index contributed by atoms with van der Waals surface area (Å²) in [5.74, 6) is 9.15. The highest BCUT2D eigenvalue weighted by molar-refractivity contribution is 5.26. The summed E-state index contributed by atoms with van der Waals surface area (Å²) in [6, 6.07) is 0. The van der Waals surface area contributed by atoms with Crippen LogP contribution in [-0.4, -0.2) is 0 Å². The second-order valence-corrected chi connectivity index (χ2v) is 12.4. The van der Waals surface area contributed by atoms with Crippen molar-refractivity contribution in [2.45, 2.75) is 105 Å². The minimum absolute atomic E-state index is 0.457. The lowest BCUT2D eigenvalue weighted by Gasteiger charge is -2.58. The average molecular weight is 422 g/mol. The SMILES string of the molecule is C#CC1CCC2(C)C(=CCC3C2CCC2(C)C(C(C)CCCC(C)C)CCC32)C1.[CH]=C. The van der Waals surface area contributed by atoms with Crippen molar-refractivity contribution in [1.82, 2.24) is 0 Å².